The highest BCUT2D eigenvalue weighted by Gasteiger charge is 2.33. The number of carbonyl (C=O) groups is 1. The molecule has 0 saturated carbocycles. The van der Waals surface area contributed by atoms with Gasteiger partial charge in [0.25, 0.3) is 0 Å². The van der Waals surface area contributed by atoms with Gasteiger partial charge in [-0.3, -0.25) is 4.79 Å². The van der Waals surface area contributed by atoms with E-state index in [0.29, 0.717) is 0 Å². The SMILES string of the molecule is COCC(=O)N1CCC[C@H]1c1nnn2cc(N3CCOCC3)ccc12. The molecule has 134 valence electrons. The standard InChI is InChI=1S/C17H23N5O3/c1-24-12-16(23)21-6-2-3-14(21)17-15-5-4-13(11-22(15)19-18-17)20-7-9-25-10-8-20/h4-5,11,14H,2-3,6-10,12H2,1H3/t14-/m0/s1. The number of aromatic nitrogens is 3. The molecule has 4 rings (SSSR count). The smallest absolute Gasteiger partial charge is 0.249 e. The van der Waals surface area contributed by atoms with Crippen molar-refractivity contribution in [3.8, 4) is 0 Å². The number of methoxy groups -OCH3 is 1. The summed E-state index contributed by atoms with van der Waals surface area (Å²) in [5, 5.41) is 8.69. The van der Waals surface area contributed by atoms with Crippen molar-refractivity contribution in [3.05, 3.63) is 24.0 Å². The number of hydrogen-bond donors (Lipinski definition) is 0. The lowest BCUT2D eigenvalue weighted by Crippen LogP contribution is -2.36. The number of amides is 1. The van der Waals surface area contributed by atoms with Gasteiger partial charge in [0.2, 0.25) is 5.91 Å². The summed E-state index contributed by atoms with van der Waals surface area (Å²) >= 11 is 0. The summed E-state index contributed by atoms with van der Waals surface area (Å²) < 4.78 is 12.2. The average molecular weight is 345 g/mol. The van der Waals surface area contributed by atoms with Crippen molar-refractivity contribution in [1.82, 2.24) is 19.7 Å². The van der Waals surface area contributed by atoms with Crippen LogP contribution in [0.15, 0.2) is 18.3 Å². The number of fused-ring (bicyclic) bond motifs is 1. The Labute approximate surface area is 146 Å². The Kier molecular flexibility index (Phi) is 4.54. The molecule has 2 aliphatic rings. The Morgan fingerprint density at radius 3 is 2.96 bits per heavy atom. The van der Waals surface area contributed by atoms with E-state index in [-0.39, 0.29) is 18.6 Å². The van der Waals surface area contributed by atoms with Gasteiger partial charge in [-0.25, -0.2) is 4.52 Å². The number of rotatable bonds is 4. The summed E-state index contributed by atoms with van der Waals surface area (Å²) in [5.41, 5.74) is 2.94. The summed E-state index contributed by atoms with van der Waals surface area (Å²) in [6.45, 7) is 4.12. The van der Waals surface area contributed by atoms with Crippen LogP contribution in [0.1, 0.15) is 24.6 Å². The molecule has 0 N–H and O–H groups in total. The molecule has 0 aliphatic carbocycles. The molecule has 0 bridgehead atoms. The zero-order valence-corrected chi connectivity index (χ0v) is 14.4. The second-order valence-electron chi connectivity index (χ2n) is 6.47. The second-order valence-corrected chi connectivity index (χ2v) is 6.47. The predicted octanol–water partition coefficient (Wildman–Crippen LogP) is 0.876. The number of anilines is 1. The zero-order chi connectivity index (χ0) is 17.2. The van der Waals surface area contributed by atoms with Gasteiger partial charge in [-0.05, 0) is 25.0 Å². The third-order valence-electron chi connectivity index (χ3n) is 4.96. The highest BCUT2D eigenvalue weighted by molar-refractivity contribution is 5.78. The molecule has 1 amide bonds. The molecule has 8 nitrogen and oxygen atoms in total. The topological polar surface area (TPSA) is 72.2 Å². The maximum Gasteiger partial charge on any atom is 0.249 e. The van der Waals surface area contributed by atoms with Gasteiger partial charge in [-0.15, -0.1) is 5.10 Å². The van der Waals surface area contributed by atoms with Gasteiger partial charge in [0.1, 0.15) is 12.3 Å². The van der Waals surface area contributed by atoms with E-state index < -0.39 is 0 Å². The fraction of sp³-hybridized carbons (Fsp3) is 0.588. The molecule has 1 atom stereocenters. The van der Waals surface area contributed by atoms with E-state index in [2.05, 4.69) is 27.3 Å². The van der Waals surface area contributed by atoms with Crippen molar-refractivity contribution < 1.29 is 14.3 Å². The quantitative estimate of drug-likeness (QED) is 0.819. The van der Waals surface area contributed by atoms with Crippen LogP contribution in [0.3, 0.4) is 0 Å². The van der Waals surface area contributed by atoms with Crippen molar-refractivity contribution in [2.24, 2.45) is 0 Å². The van der Waals surface area contributed by atoms with E-state index in [1.54, 1.807) is 7.11 Å². The van der Waals surface area contributed by atoms with Crippen LogP contribution in [0.4, 0.5) is 5.69 Å². The predicted molar refractivity (Wildman–Crippen MR) is 91.6 cm³/mol. The first-order chi connectivity index (χ1) is 12.3. The van der Waals surface area contributed by atoms with Crippen LogP contribution < -0.4 is 4.90 Å². The number of morpholine rings is 1. The highest BCUT2D eigenvalue weighted by Crippen LogP contribution is 2.33. The first-order valence-electron chi connectivity index (χ1n) is 8.74. The van der Waals surface area contributed by atoms with Gasteiger partial charge in [0.05, 0.1) is 36.7 Å². The fourth-order valence-corrected chi connectivity index (χ4v) is 3.70. The Morgan fingerprint density at radius 1 is 1.32 bits per heavy atom. The fourth-order valence-electron chi connectivity index (χ4n) is 3.70. The van der Waals surface area contributed by atoms with Crippen molar-refractivity contribution in [3.63, 3.8) is 0 Å². The van der Waals surface area contributed by atoms with Crippen molar-refractivity contribution >= 4 is 17.1 Å². The minimum Gasteiger partial charge on any atom is -0.378 e. The number of carbonyl (C=O) groups excluding carboxylic acids is 1. The lowest BCUT2D eigenvalue weighted by Gasteiger charge is -2.28. The maximum absolute atomic E-state index is 12.3. The van der Waals surface area contributed by atoms with Crippen molar-refractivity contribution in [2.45, 2.75) is 18.9 Å². The summed E-state index contributed by atoms with van der Waals surface area (Å²) in [7, 11) is 1.55. The number of nitrogens with zero attached hydrogens (tertiary/aromatic N) is 5. The maximum atomic E-state index is 12.3. The van der Waals surface area contributed by atoms with E-state index >= 15 is 0 Å². The normalized spacial score (nSPS) is 21.2. The van der Waals surface area contributed by atoms with Gasteiger partial charge in [0.15, 0.2) is 0 Å². The first-order valence-corrected chi connectivity index (χ1v) is 8.74. The van der Waals surface area contributed by atoms with Crippen LogP contribution in [-0.2, 0) is 14.3 Å². The third-order valence-corrected chi connectivity index (χ3v) is 4.96. The largest absolute Gasteiger partial charge is 0.378 e. The van der Waals surface area contributed by atoms with E-state index in [9.17, 15) is 4.79 Å². The van der Waals surface area contributed by atoms with Gasteiger partial charge < -0.3 is 19.3 Å². The molecule has 25 heavy (non-hydrogen) atoms. The van der Waals surface area contributed by atoms with E-state index in [1.807, 2.05) is 15.6 Å². The molecule has 0 radical (unpaired) electrons. The minimum atomic E-state index is -0.0191. The van der Waals surface area contributed by atoms with E-state index in [4.69, 9.17) is 9.47 Å². The van der Waals surface area contributed by atoms with Crippen LogP contribution in [-0.4, -0.2) is 72.2 Å². The summed E-state index contributed by atoms with van der Waals surface area (Å²) in [6, 6.07) is 4.13. The molecule has 2 aromatic heterocycles. The molecule has 2 aromatic rings. The molecule has 0 spiro atoms. The van der Waals surface area contributed by atoms with Crippen molar-refractivity contribution in [1.29, 1.82) is 0 Å². The lowest BCUT2D eigenvalue weighted by molar-refractivity contribution is -0.136. The number of hydrogen-bond acceptors (Lipinski definition) is 6. The van der Waals surface area contributed by atoms with Gasteiger partial charge in [-0.2, -0.15) is 0 Å². The lowest BCUT2D eigenvalue weighted by atomic mass is 10.1. The number of pyridine rings is 1. The Morgan fingerprint density at radius 2 is 2.16 bits per heavy atom. The molecule has 2 aliphatic heterocycles. The van der Waals surface area contributed by atoms with Crippen molar-refractivity contribution in [2.75, 3.05) is 51.5 Å². The van der Waals surface area contributed by atoms with Gasteiger partial charge in [-0.1, -0.05) is 5.21 Å². The monoisotopic (exact) mass is 345 g/mol. The molecule has 4 heterocycles. The number of likely N-dealkylation sites (tertiary alicyclic amines) is 1. The third kappa shape index (κ3) is 3.07. The van der Waals surface area contributed by atoms with E-state index in [1.165, 1.54) is 0 Å². The molecular weight excluding hydrogens is 322 g/mol. The van der Waals surface area contributed by atoms with Crippen LogP contribution in [0.5, 0.6) is 0 Å². The van der Waals surface area contributed by atoms with E-state index in [0.717, 1.165) is 62.6 Å². The highest BCUT2D eigenvalue weighted by atomic mass is 16.5. The van der Waals surface area contributed by atoms with Gasteiger partial charge in [0, 0.05) is 26.7 Å². The zero-order valence-electron chi connectivity index (χ0n) is 14.4. The number of ether oxygens (including phenoxy) is 2. The average Bonchev–Trinajstić information content (AvgIpc) is 3.28. The first kappa shape index (κ1) is 16.3. The Hall–Kier alpha value is -2.19. The van der Waals surface area contributed by atoms with Crippen LogP contribution >= 0.6 is 0 Å². The summed E-state index contributed by atoms with van der Waals surface area (Å²) in [6.07, 6.45) is 3.90. The van der Waals surface area contributed by atoms with Crippen LogP contribution in [0, 0.1) is 0 Å². The minimum absolute atomic E-state index is 0.0103. The Balaban J connectivity index is 1.61. The molecule has 2 saturated heterocycles. The molecular formula is C17H23N5O3. The second kappa shape index (κ2) is 6.97. The molecule has 2 fully saturated rings. The molecule has 0 aromatic carbocycles. The van der Waals surface area contributed by atoms with Crippen LogP contribution in [0.25, 0.3) is 5.52 Å². The van der Waals surface area contributed by atoms with Gasteiger partial charge >= 0.3 is 0 Å². The Bertz CT molecular complexity index is 756. The summed E-state index contributed by atoms with van der Waals surface area (Å²) in [5.74, 6) is 0.0103. The van der Waals surface area contributed by atoms with Crippen LogP contribution in [0.2, 0.25) is 0 Å². The molecule has 0 unspecified atom stereocenters. The molecule has 8 heteroatoms. The summed E-state index contributed by atoms with van der Waals surface area (Å²) in [4.78, 5) is 16.4.